The van der Waals surface area contributed by atoms with Crippen LogP contribution in [0.4, 0.5) is 13.2 Å². The van der Waals surface area contributed by atoms with Crippen molar-refractivity contribution in [1.29, 1.82) is 0 Å². The molecule has 32 heavy (non-hydrogen) atoms. The Morgan fingerprint density at radius 1 is 1.25 bits per heavy atom. The van der Waals surface area contributed by atoms with Gasteiger partial charge in [-0.3, -0.25) is 9.78 Å². The van der Waals surface area contributed by atoms with Crippen LogP contribution >= 0.6 is 22.9 Å². The van der Waals surface area contributed by atoms with E-state index in [4.69, 9.17) is 11.6 Å². The van der Waals surface area contributed by atoms with Gasteiger partial charge in [-0.2, -0.15) is 13.2 Å². The van der Waals surface area contributed by atoms with E-state index in [0.717, 1.165) is 46.9 Å². The van der Waals surface area contributed by atoms with E-state index in [2.05, 4.69) is 15.2 Å². The third-order valence-corrected chi connectivity index (χ3v) is 7.00. The molecule has 1 unspecified atom stereocenters. The Hall–Kier alpha value is -2.46. The second-order valence-electron chi connectivity index (χ2n) is 7.80. The van der Waals surface area contributed by atoms with Crippen molar-refractivity contribution in [2.24, 2.45) is 0 Å². The van der Waals surface area contributed by atoms with Gasteiger partial charge in [0.05, 0.1) is 15.5 Å². The van der Waals surface area contributed by atoms with Gasteiger partial charge in [-0.15, -0.1) is 21.5 Å². The molecule has 0 radical (unpaired) electrons. The summed E-state index contributed by atoms with van der Waals surface area (Å²) in [6.07, 6.45) is -0.542. The SMILES string of the molecule is Cc1ccc(-c2nnc3n2CC(N(C)C(=O)c2ccnc(C(F)(F)F)c2Cl)CCCC3)s1. The van der Waals surface area contributed by atoms with Crippen LogP contribution in [0.2, 0.25) is 5.02 Å². The molecule has 170 valence electrons. The van der Waals surface area contributed by atoms with Gasteiger partial charge in [-0.05, 0) is 38.0 Å². The number of likely N-dealkylation sites (N-methyl/N-ethyl adjacent to an activating group) is 1. The average molecular weight is 484 g/mol. The lowest BCUT2D eigenvalue weighted by atomic mass is 10.0. The van der Waals surface area contributed by atoms with Crippen molar-refractivity contribution < 1.29 is 18.0 Å². The monoisotopic (exact) mass is 483 g/mol. The molecule has 1 aliphatic heterocycles. The molecule has 11 heteroatoms. The number of amides is 1. The number of carbonyl (C=O) groups excluding carboxylic acids is 1. The Labute approximate surface area is 192 Å². The Balaban J connectivity index is 1.65. The molecule has 4 rings (SSSR count). The van der Waals surface area contributed by atoms with Crippen LogP contribution in [0, 0.1) is 6.92 Å². The lowest BCUT2D eigenvalue weighted by Gasteiger charge is -2.31. The minimum atomic E-state index is -4.74. The third-order valence-electron chi connectivity index (χ3n) is 5.63. The van der Waals surface area contributed by atoms with Crippen LogP contribution in [-0.2, 0) is 19.1 Å². The number of rotatable bonds is 3. The zero-order valence-electron chi connectivity index (χ0n) is 17.5. The van der Waals surface area contributed by atoms with Crippen LogP contribution in [0.1, 0.15) is 46.0 Å². The van der Waals surface area contributed by atoms with Gasteiger partial charge < -0.3 is 9.47 Å². The fourth-order valence-electron chi connectivity index (χ4n) is 3.89. The topological polar surface area (TPSA) is 63.9 Å². The number of hydrogen-bond acceptors (Lipinski definition) is 5. The molecule has 3 aromatic rings. The van der Waals surface area contributed by atoms with Gasteiger partial charge in [0, 0.05) is 37.1 Å². The van der Waals surface area contributed by atoms with Crippen molar-refractivity contribution >= 4 is 28.8 Å². The first-order chi connectivity index (χ1) is 15.2. The second-order valence-corrected chi connectivity index (χ2v) is 9.46. The highest BCUT2D eigenvalue weighted by atomic mass is 35.5. The molecule has 1 aliphatic rings. The number of pyridine rings is 1. The smallest absolute Gasteiger partial charge is 0.337 e. The standard InChI is InChI=1S/C21H21ClF3N5OS/c1-12-7-8-15(32-12)19-28-27-16-6-4-3-5-13(11-30(16)19)29(2)20(31)14-9-10-26-18(17(14)22)21(23,24)25/h7-10,13H,3-6,11H2,1-2H3. The quantitative estimate of drug-likeness (QED) is 0.510. The molecular formula is C21H21ClF3N5OS. The molecule has 0 N–H and O–H groups in total. The first kappa shape index (κ1) is 22.7. The van der Waals surface area contributed by atoms with E-state index in [1.807, 2.05) is 23.6 Å². The number of hydrogen-bond donors (Lipinski definition) is 0. The first-order valence-electron chi connectivity index (χ1n) is 10.1. The Bertz CT molecular complexity index is 1140. The molecule has 0 saturated heterocycles. The van der Waals surface area contributed by atoms with E-state index < -0.39 is 22.8 Å². The van der Waals surface area contributed by atoms with Crippen molar-refractivity contribution in [2.45, 2.75) is 51.4 Å². The molecule has 0 spiro atoms. The number of alkyl halides is 3. The van der Waals surface area contributed by atoms with E-state index in [1.54, 1.807) is 18.4 Å². The predicted octanol–water partition coefficient (Wildman–Crippen LogP) is 5.25. The third kappa shape index (κ3) is 4.38. The summed E-state index contributed by atoms with van der Waals surface area (Å²) in [5.74, 6) is 1.02. The van der Waals surface area contributed by atoms with Crippen LogP contribution < -0.4 is 0 Å². The Morgan fingerprint density at radius 2 is 2.03 bits per heavy atom. The first-order valence-corrected chi connectivity index (χ1v) is 11.3. The maximum Gasteiger partial charge on any atom is 0.434 e. The van der Waals surface area contributed by atoms with Crippen molar-refractivity contribution in [1.82, 2.24) is 24.6 Å². The van der Waals surface area contributed by atoms with Gasteiger partial charge in [0.25, 0.3) is 5.91 Å². The summed E-state index contributed by atoms with van der Waals surface area (Å²) in [6, 6.07) is 4.98. The molecule has 4 heterocycles. The van der Waals surface area contributed by atoms with E-state index >= 15 is 0 Å². The van der Waals surface area contributed by atoms with E-state index in [1.165, 1.54) is 11.0 Å². The lowest BCUT2D eigenvalue weighted by Crippen LogP contribution is -2.41. The molecule has 1 amide bonds. The molecule has 0 saturated carbocycles. The van der Waals surface area contributed by atoms with Crippen molar-refractivity contribution in [2.75, 3.05) is 7.05 Å². The van der Waals surface area contributed by atoms with Gasteiger partial charge >= 0.3 is 6.18 Å². The van der Waals surface area contributed by atoms with E-state index in [-0.39, 0.29) is 11.6 Å². The zero-order valence-corrected chi connectivity index (χ0v) is 19.1. The van der Waals surface area contributed by atoms with Crippen LogP contribution in [0.5, 0.6) is 0 Å². The number of aryl methyl sites for hydroxylation is 2. The maximum absolute atomic E-state index is 13.2. The number of fused-ring (bicyclic) bond motifs is 1. The van der Waals surface area contributed by atoms with Gasteiger partial charge in [0.15, 0.2) is 11.5 Å². The molecule has 0 aliphatic carbocycles. The number of halogens is 4. The van der Waals surface area contributed by atoms with Gasteiger partial charge in [0.2, 0.25) is 0 Å². The maximum atomic E-state index is 13.2. The summed E-state index contributed by atoms with van der Waals surface area (Å²) in [4.78, 5) is 20.1. The number of aromatic nitrogens is 4. The number of thiophene rings is 1. The summed E-state index contributed by atoms with van der Waals surface area (Å²) in [5, 5.41) is 8.06. The Kier molecular flexibility index (Phi) is 6.26. The Morgan fingerprint density at radius 3 is 2.72 bits per heavy atom. The summed E-state index contributed by atoms with van der Waals surface area (Å²) >= 11 is 7.56. The average Bonchev–Trinajstić information content (AvgIpc) is 3.31. The molecule has 0 bridgehead atoms. The normalized spacial score (nSPS) is 16.9. The highest BCUT2D eigenvalue weighted by Gasteiger charge is 2.37. The highest BCUT2D eigenvalue weighted by molar-refractivity contribution is 7.15. The van der Waals surface area contributed by atoms with Crippen LogP contribution in [0.3, 0.4) is 0 Å². The summed E-state index contributed by atoms with van der Waals surface area (Å²) in [7, 11) is 1.59. The predicted molar refractivity (Wildman–Crippen MR) is 116 cm³/mol. The molecule has 0 aromatic carbocycles. The van der Waals surface area contributed by atoms with Gasteiger partial charge in [-0.25, -0.2) is 0 Å². The van der Waals surface area contributed by atoms with Crippen molar-refractivity contribution in [3.05, 3.63) is 51.4 Å². The number of carbonyl (C=O) groups is 1. The van der Waals surface area contributed by atoms with Gasteiger partial charge in [-0.1, -0.05) is 18.0 Å². The highest BCUT2D eigenvalue weighted by Crippen LogP contribution is 2.35. The van der Waals surface area contributed by atoms with E-state index in [0.29, 0.717) is 13.0 Å². The molecule has 1 atom stereocenters. The minimum absolute atomic E-state index is 0.211. The van der Waals surface area contributed by atoms with Crippen LogP contribution in [0.25, 0.3) is 10.7 Å². The summed E-state index contributed by atoms with van der Waals surface area (Å²) in [5.41, 5.74) is -1.47. The van der Waals surface area contributed by atoms with Crippen molar-refractivity contribution in [3.8, 4) is 10.7 Å². The number of nitrogens with zero attached hydrogens (tertiary/aromatic N) is 5. The van der Waals surface area contributed by atoms with Crippen LogP contribution in [-0.4, -0.2) is 43.6 Å². The molecule has 0 fully saturated rings. The fourth-order valence-corrected chi connectivity index (χ4v) is 5.05. The largest absolute Gasteiger partial charge is 0.434 e. The zero-order chi connectivity index (χ0) is 23.0. The summed E-state index contributed by atoms with van der Waals surface area (Å²) in [6.45, 7) is 2.47. The van der Waals surface area contributed by atoms with E-state index in [9.17, 15) is 18.0 Å². The van der Waals surface area contributed by atoms with Gasteiger partial charge in [0.1, 0.15) is 5.82 Å². The van der Waals surface area contributed by atoms with Crippen molar-refractivity contribution in [3.63, 3.8) is 0 Å². The molecule has 6 nitrogen and oxygen atoms in total. The molecular weight excluding hydrogens is 463 g/mol. The minimum Gasteiger partial charge on any atom is -0.337 e. The molecule has 3 aromatic heterocycles. The fraction of sp³-hybridized carbons (Fsp3) is 0.429. The van der Waals surface area contributed by atoms with Crippen LogP contribution in [0.15, 0.2) is 24.4 Å². The lowest BCUT2D eigenvalue weighted by molar-refractivity contribution is -0.141. The second kappa shape index (κ2) is 8.82. The summed E-state index contributed by atoms with van der Waals surface area (Å²) < 4.78 is 41.6.